The van der Waals surface area contributed by atoms with Crippen LogP contribution in [0.25, 0.3) is 10.9 Å². The van der Waals surface area contributed by atoms with Crippen molar-refractivity contribution in [3.05, 3.63) is 35.0 Å². The lowest BCUT2D eigenvalue weighted by Crippen LogP contribution is -2.52. The number of halogens is 1. The third-order valence-corrected chi connectivity index (χ3v) is 6.31. The predicted molar refractivity (Wildman–Crippen MR) is 90.7 cm³/mol. The Labute approximate surface area is 137 Å². The quantitative estimate of drug-likeness (QED) is 0.915. The first-order valence-corrected chi connectivity index (χ1v) is 8.98. The fourth-order valence-corrected chi connectivity index (χ4v) is 4.28. The molecule has 0 unspecified atom stereocenters. The third-order valence-electron chi connectivity index (χ3n) is 4.16. The van der Waals surface area contributed by atoms with E-state index < -0.39 is 10.8 Å². The second kappa shape index (κ2) is 5.70. The molecule has 22 heavy (non-hydrogen) atoms. The number of aromatic amines is 1. The number of benzene rings is 1. The smallest absolute Gasteiger partial charge is 0.227 e. The molecule has 1 aromatic heterocycles. The van der Waals surface area contributed by atoms with E-state index in [-0.39, 0.29) is 10.7 Å². The number of H-pyrrole nitrogens is 1. The maximum atomic E-state index is 12.6. The van der Waals surface area contributed by atoms with E-state index in [4.69, 9.17) is 11.6 Å². The second-order valence-corrected chi connectivity index (χ2v) is 8.95. The lowest BCUT2D eigenvalue weighted by atomic mass is 10.1. The monoisotopic (exact) mass is 338 g/mol. The number of hydrogen-bond donors (Lipinski definition) is 1. The molecule has 1 saturated heterocycles. The summed E-state index contributed by atoms with van der Waals surface area (Å²) in [7, 11) is -0.869. The first kappa shape index (κ1) is 15.6. The van der Waals surface area contributed by atoms with Crippen LogP contribution in [-0.2, 0) is 22.0 Å². The standard InChI is InChI=1S/C16H19ClN2O2S/c1-16(2)10-19(5-6-22(16)21)15(20)7-11-9-18-14-4-3-12(17)8-13(11)14/h3-4,8-9,18H,5-7,10H2,1-2H3/t22-/m0/s1. The molecule has 4 nitrogen and oxygen atoms in total. The molecule has 6 heteroatoms. The molecular formula is C16H19ClN2O2S. The Bertz CT molecular complexity index is 754. The maximum Gasteiger partial charge on any atom is 0.227 e. The number of carbonyl (C=O) groups excluding carboxylic acids is 1. The molecule has 1 N–H and O–H groups in total. The Morgan fingerprint density at radius 2 is 2.23 bits per heavy atom. The van der Waals surface area contributed by atoms with Crippen molar-refractivity contribution in [1.29, 1.82) is 0 Å². The van der Waals surface area contributed by atoms with Gasteiger partial charge in [-0.1, -0.05) is 11.6 Å². The molecule has 1 aromatic carbocycles. The lowest BCUT2D eigenvalue weighted by Gasteiger charge is -2.37. The number of nitrogens with one attached hydrogen (secondary N) is 1. The van der Waals surface area contributed by atoms with Gasteiger partial charge in [0.1, 0.15) is 0 Å². The topological polar surface area (TPSA) is 53.2 Å². The van der Waals surface area contributed by atoms with Gasteiger partial charge in [0.15, 0.2) is 0 Å². The molecule has 1 fully saturated rings. The van der Waals surface area contributed by atoms with Crippen LogP contribution in [0.2, 0.25) is 5.02 Å². The van der Waals surface area contributed by atoms with Crippen LogP contribution >= 0.6 is 11.6 Å². The summed E-state index contributed by atoms with van der Waals surface area (Å²) in [6, 6.07) is 5.62. The highest BCUT2D eigenvalue weighted by atomic mass is 35.5. The molecule has 1 aliphatic rings. The van der Waals surface area contributed by atoms with Gasteiger partial charge in [0.05, 0.1) is 11.2 Å². The van der Waals surface area contributed by atoms with Crippen molar-refractivity contribution in [1.82, 2.24) is 9.88 Å². The first-order chi connectivity index (χ1) is 10.4. The summed E-state index contributed by atoms with van der Waals surface area (Å²) >= 11 is 6.04. The molecule has 0 spiro atoms. The number of carbonyl (C=O) groups is 1. The first-order valence-electron chi connectivity index (χ1n) is 7.28. The van der Waals surface area contributed by atoms with Gasteiger partial charge in [-0.2, -0.15) is 0 Å². The van der Waals surface area contributed by atoms with Gasteiger partial charge in [0.2, 0.25) is 5.91 Å². The minimum atomic E-state index is -0.869. The van der Waals surface area contributed by atoms with Crippen molar-refractivity contribution >= 4 is 39.2 Å². The van der Waals surface area contributed by atoms with E-state index in [0.717, 1.165) is 16.5 Å². The minimum absolute atomic E-state index is 0.0747. The van der Waals surface area contributed by atoms with Gasteiger partial charge in [-0.15, -0.1) is 0 Å². The van der Waals surface area contributed by atoms with Crippen LogP contribution in [0, 0.1) is 0 Å². The van der Waals surface area contributed by atoms with Crippen LogP contribution in [0.1, 0.15) is 19.4 Å². The van der Waals surface area contributed by atoms with E-state index in [9.17, 15) is 9.00 Å². The van der Waals surface area contributed by atoms with Gasteiger partial charge in [-0.05, 0) is 37.6 Å². The molecule has 0 bridgehead atoms. The van der Waals surface area contributed by atoms with Crippen LogP contribution in [0.3, 0.4) is 0 Å². The Kier molecular flexibility index (Phi) is 4.03. The number of rotatable bonds is 2. The van der Waals surface area contributed by atoms with Gasteiger partial charge in [-0.25, -0.2) is 0 Å². The largest absolute Gasteiger partial charge is 0.361 e. The van der Waals surface area contributed by atoms with Gasteiger partial charge in [0, 0.05) is 51.8 Å². The van der Waals surface area contributed by atoms with Gasteiger partial charge >= 0.3 is 0 Å². The average molecular weight is 339 g/mol. The number of nitrogens with zero attached hydrogens (tertiary/aromatic N) is 1. The van der Waals surface area contributed by atoms with Gasteiger partial charge < -0.3 is 9.88 Å². The zero-order chi connectivity index (χ0) is 15.9. The fraction of sp³-hybridized carbons (Fsp3) is 0.438. The Morgan fingerprint density at radius 3 is 2.95 bits per heavy atom. The van der Waals surface area contributed by atoms with E-state index in [1.165, 1.54) is 0 Å². The van der Waals surface area contributed by atoms with Crippen LogP contribution in [0.4, 0.5) is 0 Å². The number of fused-ring (bicyclic) bond motifs is 1. The van der Waals surface area contributed by atoms with Crippen molar-refractivity contribution in [3.63, 3.8) is 0 Å². The van der Waals surface area contributed by atoms with Gasteiger partial charge in [-0.3, -0.25) is 9.00 Å². The van der Waals surface area contributed by atoms with Crippen LogP contribution in [0.5, 0.6) is 0 Å². The summed E-state index contributed by atoms with van der Waals surface area (Å²) in [4.78, 5) is 17.6. The molecule has 3 rings (SSSR count). The van der Waals surface area contributed by atoms with E-state index in [1.54, 1.807) is 0 Å². The molecule has 0 radical (unpaired) electrons. The Hall–Kier alpha value is -1.33. The molecule has 2 heterocycles. The molecular weight excluding hydrogens is 320 g/mol. The van der Waals surface area contributed by atoms with Crippen LogP contribution in [-0.4, -0.2) is 43.6 Å². The van der Waals surface area contributed by atoms with E-state index in [0.29, 0.717) is 30.3 Å². The highest BCUT2D eigenvalue weighted by Crippen LogP contribution is 2.25. The molecule has 0 saturated carbocycles. The maximum absolute atomic E-state index is 12.6. The summed E-state index contributed by atoms with van der Waals surface area (Å²) in [6.07, 6.45) is 2.20. The average Bonchev–Trinajstić information content (AvgIpc) is 2.84. The Morgan fingerprint density at radius 1 is 1.45 bits per heavy atom. The summed E-state index contributed by atoms with van der Waals surface area (Å²) in [5, 5.41) is 1.65. The van der Waals surface area contributed by atoms with E-state index in [1.807, 2.05) is 43.1 Å². The minimum Gasteiger partial charge on any atom is -0.361 e. The Balaban J connectivity index is 1.79. The fourth-order valence-electron chi connectivity index (χ4n) is 2.86. The van der Waals surface area contributed by atoms with E-state index >= 15 is 0 Å². The predicted octanol–water partition coefficient (Wildman–Crippen LogP) is 2.73. The highest BCUT2D eigenvalue weighted by Gasteiger charge is 2.35. The molecule has 118 valence electrons. The lowest BCUT2D eigenvalue weighted by molar-refractivity contribution is -0.130. The summed E-state index contributed by atoms with van der Waals surface area (Å²) in [5.41, 5.74) is 1.93. The summed E-state index contributed by atoms with van der Waals surface area (Å²) in [5.74, 6) is 0.629. The van der Waals surface area contributed by atoms with Crippen LogP contribution in [0.15, 0.2) is 24.4 Å². The third kappa shape index (κ3) is 2.92. The van der Waals surface area contributed by atoms with Crippen molar-refractivity contribution in [3.8, 4) is 0 Å². The molecule has 1 aliphatic heterocycles. The van der Waals surface area contributed by atoms with Gasteiger partial charge in [0.25, 0.3) is 0 Å². The molecule has 2 aromatic rings. The highest BCUT2D eigenvalue weighted by molar-refractivity contribution is 7.86. The summed E-state index contributed by atoms with van der Waals surface area (Å²) in [6.45, 7) is 5.02. The zero-order valence-electron chi connectivity index (χ0n) is 12.7. The van der Waals surface area contributed by atoms with Crippen molar-refractivity contribution < 1.29 is 9.00 Å². The number of aromatic nitrogens is 1. The normalized spacial score (nSPS) is 21.2. The van der Waals surface area contributed by atoms with E-state index in [2.05, 4.69) is 4.98 Å². The van der Waals surface area contributed by atoms with Crippen molar-refractivity contribution in [2.45, 2.75) is 25.0 Å². The second-order valence-electron chi connectivity index (χ2n) is 6.31. The number of amides is 1. The van der Waals surface area contributed by atoms with Crippen LogP contribution < -0.4 is 0 Å². The van der Waals surface area contributed by atoms with Crippen molar-refractivity contribution in [2.24, 2.45) is 0 Å². The summed E-state index contributed by atoms with van der Waals surface area (Å²) < 4.78 is 11.6. The molecule has 0 aliphatic carbocycles. The molecule has 1 amide bonds. The van der Waals surface area contributed by atoms with Crippen molar-refractivity contribution in [2.75, 3.05) is 18.8 Å². The SMILES string of the molecule is CC1(C)CN(C(=O)Cc2c[nH]c3ccc(Cl)cc23)CC[S@@]1=O. The molecule has 1 atom stereocenters. The number of hydrogen-bond acceptors (Lipinski definition) is 2. The zero-order valence-corrected chi connectivity index (χ0v) is 14.3.